The Hall–Kier alpha value is -0.880. The SMILES string of the molecule is C=C1C(=O)C23C(CCC1[C@H]2O)C12CO[C@@]3(O)[C@@H](O)C1C(C)(C)CC[C@@H]2OS(=O)(=O)O. The molecule has 0 radical (unpaired) electrons. The maximum absolute atomic E-state index is 13.5. The van der Waals surface area contributed by atoms with Crippen molar-refractivity contribution in [1.29, 1.82) is 0 Å². The Bertz CT molecular complexity index is 944. The molecule has 9 atom stereocenters. The van der Waals surface area contributed by atoms with Crippen LogP contribution in [0.1, 0.15) is 39.5 Å². The van der Waals surface area contributed by atoms with Crippen molar-refractivity contribution in [2.24, 2.45) is 34.0 Å². The second kappa shape index (κ2) is 5.72. The van der Waals surface area contributed by atoms with E-state index < -0.39 is 74.3 Å². The molecule has 6 fully saturated rings. The topological polar surface area (TPSA) is 151 Å². The molecule has 30 heavy (non-hydrogen) atoms. The van der Waals surface area contributed by atoms with Gasteiger partial charge in [-0.05, 0) is 42.6 Å². The molecule has 4 N–H and O–H groups in total. The molecule has 0 aromatic carbocycles. The van der Waals surface area contributed by atoms with Crippen LogP contribution in [-0.4, -0.2) is 64.8 Å². The normalized spacial score (nSPS) is 54.1. The van der Waals surface area contributed by atoms with E-state index in [1.54, 1.807) is 0 Å². The molecule has 0 amide bonds. The van der Waals surface area contributed by atoms with E-state index in [0.717, 1.165) is 0 Å². The number of Topliss-reactive ketones (excluding diaryl/α,β-unsaturated/α-hetero) is 1. The lowest BCUT2D eigenvalue weighted by molar-refractivity contribution is -0.457. The van der Waals surface area contributed by atoms with Crippen molar-refractivity contribution in [2.45, 2.75) is 63.6 Å². The maximum atomic E-state index is 13.5. The van der Waals surface area contributed by atoms with Gasteiger partial charge in [-0.3, -0.25) is 9.35 Å². The smallest absolute Gasteiger partial charge is 0.391 e. The number of rotatable bonds is 2. The molecule has 6 rings (SSSR count). The molecule has 2 heterocycles. The largest absolute Gasteiger partial charge is 0.397 e. The Morgan fingerprint density at radius 2 is 1.83 bits per heavy atom. The van der Waals surface area contributed by atoms with Gasteiger partial charge in [0.25, 0.3) is 0 Å². The van der Waals surface area contributed by atoms with E-state index in [1.165, 1.54) is 0 Å². The Morgan fingerprint density at radius 3 is 2.47 bits per heavy atom. The van der Waals surface area contributed by atoms with Crippen LogP contribution >= 0.6 is 0 Å². The summed E-state index contributed by atoms with van der Waals surface area (Å²) in [6, 6.07) is 0. The molecule has 6 aliphatic rings. The lowest BCUT2D eigenvalue weighted by Gasteiger charge is -2.74. The average molecular weight is 445 g/mol. The highest BCUT2D eigenvalue weighted by Gasteiger charge is 2.87. The number of aliphatic hydroxyl groups is 3. The van der Waals surface area contributed by atoms with Gasteiger partial charge in [0, 0.05) is 17.3 Å². The lowest BCUT2D eigenvalue weighted by atomic mass is 9.35. The van der Waals surface area contributed by atoms with E-state index in [2.05, 4.69) is 6.58 Å². The third-order valence-electron chi connectivity index (χ3n) is 9.09. The standard InChI is InChI=1S/C20H28O9S/c1-9-10-4-5-11-18-8-28-20(24,19(11,14(9)21)15(10)22)16(23)13(18)17(2,3)7-6-12(18)29-30(25,26)27/h10-13,15-16,22-24H,1,4-8H2,2-3H3,(H,25,26,27)/t10?,11?,12-,13?,15+,16-,18?,19?,20-/m0/s1. The minimum absolute atomic E-state index is 0.154. The Balaban J connectivity index is 1.79. The Labute approximate surface area is 175 Å². The second-order valence-electron chi connectivity index (χ2n) is 10.5. The molecule has 4 bridgehead atoms. The van der Waals surface area contributed by atoms with Crippen LogP contribution < -0.4 is 0 Å². The van der Waals surface area contributed by atoms with Gasteiger partial charge in [-0.15, -0.1) is 0 Å². The van der Waals surface area contributed by atoms with Gasteiger partial charge in [0.2, 0.25) is 5.79 Å². The molecule has 4 aliphatic carbocycles. The minimum Gasteiger partial charge on any atom is -0.391 e. The van der Waals surface area contributed by atoms with Crippen molar-refractivity contribution in [3.63, 3.8) is 0 Å². The van der Waals surface area contributed by atoms with Crippen molar-refractivity contribution in [1.82, 2.24) is 0 Å². The summed E-state index contributed by atoms with van der Waals surface area (Å²) >= 11 is 0. The summed E-state index contributed by atoms with van der Waals surface area (Å²) in [4.78, 5) is 13.5. The van der Waals surface area contributed by atoms with Crippen molar-refractivity contribution < 1.29 is 42.0 Å². The third kappa shape index (κ3) is 2.04. The van der Waals surface area contributed by atoms with Crippen LogP contribution in [0.2, 0.25) is 0 Å². The lowest BCUT2D eigenvalue weighted by Crippen LogP contribution is -2.85. The van der Waals surface area contributed by atoms with Crippen LogP contribution in [0.25, 0.3) is 0 Å². The first-order chi connectivity index (χ1) is 13.7. The van der Waals surface area contributed by atoms with E-state index in [4.69, 9.17) is 8.92 Å². The zero-order valence-electron chi connectivity index (χ0n) is 16.9. The van der Waals surface area contributed by atoms with Gasteiger partial charge in [-0.25, -0.2) is 4.18 Å². The highest BCUT2D eigenvalue weighted by molar-refractivity contribution is 7.80. The summed E-state index contributed by atoms with van der Waals surface area (Å²) in [6.45, 7) is 7.52. The van der Waals surface area contributed by atoms with Crippen LogP contribution in [0.15, 0.2) is 12.2 Å². The van der Waals surface area contributed by atoms with Gasteiger partial charge in [-0.2, -0.15) is 8.42 Å². The summed E-state index contributed by atoms with van der Waals surface area (Å²) in [7, 11) is -4.83. The summed E-state index contributed by atoms with van der Waals surface area (Å²) in [6.07, 6.45) is -2.38. The molecule has 4 saturated carbocycles. The monoisotopic (exact) mass is 444 g/mol. The average Bonchev–Trinajstić information content (AvgIpc) is 2.74. The number of ether oxygens (including phenoxy) is 1. The molecule has 9 nitrogen and oxygen atoms in total. The third-order valence-corrected chi connectivity index (χ3v) is 9.56. The number of carbonyl (C=O) groups is 1. The fraction of sp³-hybridized carbons (Fsp3) is 0.850. The van der Waals surface area contributed by atoms with E-state index in [0.29, 0.717) is 19.3 Å². The van der Waals surface area contributed by atoms with Gasteiger partial charge < -0.3 is 20.1 Å². The molecule has 168 valence electrons. The molecule has 2 saturated heterocycles. The number of hydrogen-bond acceptors (Lipinski definition) is 8. The van der Waals surface area contributed by atoms with Crippen LogP contribution in [-0.2, 0) is 24.1 Å². The van der Waals surface area contributed by atoms with Gasteiger partial charge in [0.15, 0.2) is 5.78 Å². The second-order valence-corrected chi connectivity index (χ2v) is 11.5. The quantitative estimate of drug-likeness (QED) is 0.346. The number of ketones is 1. The van der Waals surface area contributed by atoms with E-state index >= 15 is 0 Å². The molecule has 5 unspecified atom stereocenters. The van der Waals surface area contributed by atoms with Crippen molar-refractivity contribution >= 4 is 16.2 Å². The summed E-state index contributed by atoms with van der Waals surface area (Å²) in [5.74, 6) is -4.81. The highest BCUT2D eigenvalue weighted by atomic mass is 32.3. The van der Waals surface area contributed by atoms with Crippen LogP contribution in [0.3, 0.4) is 0 Å². The minimum atomic E-state index is -4.83. The number of aliphatic hydroxyl groups excluding tert-OH is 2. The highest BCUT2D eigenvalue weighted by Crippen LogP contribution is 2.76. The van der Waals surface area contributed by atoms with Crippen LogP contribution in [0, 0.1) is 34.0 Å². The molecular formula is C20H28O9S. The zero-order valence-corrected chi connectivity index (χ0v) is 17.8. The first kappa shape index (κ1) is 21.0. The van der Waals surface area contributed by atoms with Gasteiger partial charge in [0.1, 0.15) is 11.5 Å². The summed E-state index contributed by atoms with van der Waals surface area (Å²) in [5, 5.41) is 34.4. The fourth-order valence-corrected chi connectivity index (χ4v) is 8.73. The summed E-state index contributed by atoms with van der Waals surface area (Å²) in [5.41, 5.74) is -3.40. The fourth-order valence-electron chi connectivity index (χ4n) is 8.16. The van der Waals surface area contributed by atoms with E-state index in [9.17, 15) is 33.1 Å². The predicted molar refractivity (Wildman–Crippen MR) is 101 cm³/mol. The van der Waals surface area contributed by atoms with Crippen LogP contribution in [0.5, 0.6) is 0 Å². The van der Waals surface area contributed by atoms with Gasteiger partial charge >= 0.3 is 10.4 Å². The summed E-state index contributed by atoms with van der Waals surface area (Å²) < 4.78 is 43.8. The molecule has 10 heteroatoms. The van der Waals surface area contributed by atoms with Crippen molar-refractivity contribution in [3.05, 3.63) is 12.2 Å². The number of carbonyl (C=O) groups excluding carboxylic acids is 1. The molecule has 2 spiro atoms. The maximum Gasteiger partial charge on any atom is 0.397 e. The zero-order chi connectivity index (χ0) is 22.1. The molecule has 2 aliphatic heterocycles. The first-order valence-electron chi connectivity index (χ1n) is 10.4. The van der Waals surface area contributed by atoms with Crippen molar-refractivity contribution in [2.75, 3.05) is 6.61 Å². The number of fused-ring (bicyclic) bond motifs is 2. The van der Waals surface area contributed by atoms with Crippen LogP contribution in [0.4, 0.5) is 0 Å². The number of hydrogen-bond donors (Lipinski definition) is 4. The van der Waals surface area contributed by atoms with E-state index in [-0.39, 0.29) is 18.6 Å². The molecule has 0 aromatic heterocycles. The Kier molecular flexibility index (Phi) is 4.00. The van der Waals surface area contributed by atoms with Crippen molar-refractivity contribution in [3.8, 4) is 0 Å². The first-order valence-corrected chi connectivity index (χ1v) is 11.7. The molecule has 0 aromatic rings. The van der Waals surface area contributed by atoms with Gasteiger partial charge in [0.05, 0.1) is 18.8 Å². The Morgan fingerprint density at radius 1 is 1.17 bits per heavy atom. The van der Waals surface area contributed by atoms with E-state index in [1.807, 2.05) is 13.8 Å². The van der Waals surface area contributed by atoms with Gasteiger partial charge in [-0.1, -0.05) is 20.4 Å². The predicted octanol–water partition coefficient (Wildman–Crippen LogP) is 0.203. The molecular weight excluding hydrogens is 416 g/mol.